The number of aromatic nitrogens is 2. The van der Waals surface area contributed by atoms with Crippen molar-refractivity contribution in [3.63, 3.8) is 0 Å². The number of fused-ring (bicyclic) bond motifs is 1. The van der Waals surface area contributed by atoms with Crippen LogP contribution in [0, 0.1) is 5.82 Å². The molecular formula is C25H30ClFN4O3S. The fraction of sp³-hybridized carbons (Fsp3) is 0.400. The molecule has 1 saturated heterocycles. The number of halogens is 2. The van der Waals surface area contributed by atoms with Gasteiger partial charge >= 0.3 is 0 Å². The van der Waals surface area contributed by atoms with Crippen molar-refractivity contribution in [1.82, 2.24) is 19.4 Å². The fourth-order valence-electron chi connectivity index (χ4n) is 4.74. The van der Waals surface area contributed by atoms with Gasteiger partial charge in [-0.25, -0.2) is 17.5 Å². The number of sulfonamides is 1. The van der Waals surface area contributed by atoms with Gasteiger partial charge < -0.3 is 4.74 Å². The molecule has 5 rings (SSSR count). The van der Waals surface area contributed by atoms with E-state index in [2.05, 4.69) is 20.8 Å². The monoisotopic (exact) mass is 520 g/mol. The molecule has 0 spiro atoms. The van der Waals surface area contributed by atoms with Crippen molar-refractivity contribution in [3.05, 3.63) is 76.3 Å². The van der Waals surface area contributed by atoms with Gasteiger partial charge in [-0.3, -0.25) is 9.58 Å². The van der Waals surface area contributed by atoms with E-state index < -0.39 is 10.0 Å². The van der Waals surface area contributed by atoms with Crippen molar-refractivity contribution in [2.45, 2.75) is 36.1 Å². The van der Waals surface area contributed by atoms with Gasteiger partial charge in [-0.05, 0) is 80.4 Å². The fourth-order valence-corrected chi connectivity index (χ4v) is 5.66. The van der Waals surface area contributed by atoms with Crippen LogP contribution in [-0.4, -0.2) is 56.4 Å². The molecule has 0 radical (unpaired) electrons. The van der Waals surface area contributed by atoms with Gasteiger partial charge in [-0.15, -0.1) is 0 Å². The number of aryl methyl sites for hydroxylation is 1. The highest BCUT2D eigenvalue weighted by molar-refractivity contribution is 7.89. The summed E-state index contributed by atoms with van der Waals surface area (Å²) in [5, 5.41) is 4.49. The Balaban J connectivity index is 0.000000221. The average molecular weight is 521 g/mol. The molecule has 2 aliphatic rings. The van der Waals surface area contributed by atoms with Crippen molar-refractivity contribution in [1.29, 1.82) is 0 Å². The highest BCUT2D eigenvalue weighted by Gasteiger charge is 2.39. The molecule has 1 aromatic heterocycles. The summed E-state index contributed by atoms with van der Waals surface area (Å²) in [6.07, 6.45) is 5.83. The molecule has 2 aromatic carbocycles. The summed E-state index contributed by atoms with van der Waals surface area (Å²) in [4.78, 5) is 2.71. The molecule has 3 aromatic rings. The van der Waals surface area contributed by atoms with Crippen LogP contribution in [0.1, 0.15) is 29.0 Å². The first-order valence-electron chi connectivity index (χ1n) is 11.5. The van der Waals surface area contributed by atoms with E-state index in [1.165, 1.54) is 48.8 Å². The molecule has 2 atom stereocenters. The van der Waals surface area contributed by atoms with Crippen LogP contribution in [0.3, 0.4) is 0 Å². The molecule has 188 valence electrons. The third-order valence-corrected chi connectivity index (χ3v) is 8.28. The summed E-state index contributed by atoms with van der Waals surface area (Å²) in [5.74, 6) is 0.435. The lowest BCUT2D eigenvalue weighted by molar-refractivity contribution is 0.106. The average Bonchev–Trinajstić information content (AvgIpc) is 3.37. The molecule has 1 aliphatic carbocycles. The summed E-state index contributed by atoms with van der Waals surface area (Å²) < 4.78 is 45.1. The molecule has 1 N–H and O–H groups in total. The van der Waals surface area contributed by atoms with Crippen molar-refractivity contribution < 1.29 is 17.5 Å². The molecule has 0 bridgehead atoms. The third kappa shape index (κ3) is 5.69. The van der Waals surface area contributed by atoms with Gasteiger partial charge in [0.1, 0.15) is 4.90 Å². The van der Waals surface area contributed by atoms with Gasteiger partial charge in [0.25, 0.3) is 0 Å². The van der Waals surface area contributed by atoms with Gasteiger partial charge in [0.05, 0.1) is 13.3 Å². The number of rotatable bonds is 6. The maximum absolute atomic E-state index is 14.1. The van der Waals surface area contributed by atoms with Crippen LogP contribution in [-0.2, 0) is 29.9 Å². The second-order valence-electron chi connectivity index (χ2n) is 8.84. The molecule has 10 heteroatoms. The SMILES string of the molecule is CNS(=O)(=O)c1cnn(C)c1.COc1cc2c(cc1F)CC(N1CCC1)C2Cc1cccc(Cl)c1. The number of nitrogens with one attached hydrogen (secondary N) is 1. The Labute approximate surface area is 210 Å². The van der Waals surface area contributed by atoms with Crippen LogP contribution in [0.15, 0.2) is 53.7 Å². The molecule has 1 fully saturated rings. The minimum absolute atomic E-state index is 0.183. The second kappa shape index (κ2) is 10.7. The van der Waals surface area contributed by atoms with E-state index >= 15 is 0 Å². The highest BCUT2D eigenvalue weighted by atomic mass is 35.5. The van der Waals surface area contributed by atoms with Crippen LogP contribution >= 0.6 is 11.6 Å². The predicted octanol–water partition coefficient (Wildman–Crippen LogP) is 3.77. The van der Waals surface area contributed by atoms with Crippen molar-refractivity contribution in [2.24, 2.45) is 7.05 Å². The summed E-state index contributed by atoms with van der Waals surface area (Å²) in [6, 6.07) is 12.1. The van der Waals surface area contributed by atoms with Gasteiger partial charge in [-0.2, -0.15) is 5.10 Å². The van der Waals surface area contributed by atoms with Gasteiger partial charge in [-0.1, -0.05) is 23.7 Å². The van der Waals surface area contributed by atoms with Crippen LogP contribution in [0.5, 0.6) is 5.75 Å². The van der Waals surface area contributed by atoms with Crippen LogP contribution in [0.2, 0.25) is 5.02 Å². The van der Waals surface area contributed by atoms with Crippen molar-refractivity contribution in [3.8, 4) is 5.75 Å². The Hall–Kier alpha value is -2.46. The van der Waals surface area contributed by atoms with E-state index in [4.69, 9.17) is 16.3 Å². The Morgan fingerprint density at radius 1 is 1.26 bits per heavy atom. The normalized spacial score (nSPS) is 19.5. The van der Waals surface area contributed by atoms with E-state index in [1.807, 2.05) is 24.3 Å². The maximum Gasteiger partial charge on any atom is 0.243 e. The Morgan fingerprint density at radius 3 is 2.60 bits per heavy atom. The molecule has 1 aliphatic heterocycles. The zero-order valence-corrected chi connectivity index (χ0v) is 21.6. The molecule has 35 heavy (non-hydrogen) atoms. The zero-order valence-electron chi connectivity index (χ0n) is 20.0. The lowest BCUT2D eigenvalue weighted by atomic mass is 9.89. The number of methoxy groups -OCH3 is 1. The van der Waals surface area contributed by atoms with E-state index in [9.17, 15) is 12.8 Å². The van der Waals surface area contributed by atoms with E-state index in [0.29, 0.717) is 17.7 Å². The number of ether oxygens (including phenoxy) is 1. The summed E-state index contributed by atoms with van der Waals surface area (Å²) in [5.41, 5.74) is 3.58. The number of likely N-dealkylation sites (tertiary alicyclic amines) is 1. The standard InChI is InChI=1S/C20H21ClFNO.C5H9N3O2S/c1-24-20-12-16-14(10-18(20)22)11-19(23-6-3-7-23)17(16)9-13-4-2-5-15(21)8-13;1-6-11(9,10)5-3-7-8(2)4-5/h2,4-5,8,10,12,17,19H,3,6-7,9,11H2,1H3;3-4,6H,1-2H3. The van der Waals surface area contributed by atoms with Gasteiger partial charge in [0, 0.05) is 30.2 Å². The molecule has 7 nitrogen and oxygen atoms in total. The summed E-state index contributed by atoms with van der Waals surface area (Å²) in [6.45, 7) is 2.29. The number of nitrogens with zero attached hydrogens (tertiary/aromatic N) is 3. The molecular weight excluding hydrogens is 491 g/mol. The molecule has 0 saturated carbocycles. The summed E-state index contributed by atoms with van der Waals surface area (Å²) in [7, 11) is 1.24. The molecule has 2 unspecified atom stereocenters. The van der Waals surface area contributed by atoms with E-state index in [1.54, 1.807) is 13.1 Å². The first-order valence-corrected chi connectivity index (χ1v) is 13.3. The minimum atomic E-state index is -3.31. The lowest BCUT2D eigenvalue weighted by Gasteiger charge is -2.39. The predicted molar refractivity (Wildman–Crippen MR) is 134 cm³/mol. The van der Waals surface area contributed by atoms with Crippen LogP contribution in [0.4, 0.5) is 4.39 Å². The third-order valence-electron chi connectivity index (χ3n) is 6.67. The van der Waals surface area contributed by atoms with Gasteiger partial charge in [0.2, 0.25) is 10.0 Å². The van der Waals surface area contributed by atoms with Crippen LogP contribution < -0.4 is 9.46 Å². The smallest absolute Gasteiger partial charge is 0.243 e. The largest absolute Gasteiger partial charge is 0.494 e. The first-order chi connectivity index (χ1) is 16.7. The summed E-state index contributed by atoms with van der Waals surface area (Å²) >= 11 is 6.16. The quantitative estimate of drug-likeness (QED) is 0.535. The van der Waals surface area contributed by atoms with Crippen LogP contribution in [0.25, 0.3) is 0 Å². The Bertz CT molecular complexity index is 1290. The zero-order chi connectivity index (χ0) is 25.2. The number of hydrogen-bond donors (Lipinski definition) is 1. The highest BCUT2D eigenvalue weighted by Crippen LogP contribution is 2.42. The number of hydrogen-bond acceptors (Lipinski definition) is 5. The first kappa shape index (κ1) is 25.6. The number of benzene rings is 2. The van der Waals surface area contributed by atoms with Gasteiger partial charge in [0.15, 0.2) is 11.6 Å². The minimum Gasteiger partial charge on any atom is -0.494 e. The molecule has 0 amide bonds. The Kier molecular flexibility index (Phi) is 7.80. The lowest BCUT2D eigenvalue weighted by Crippen LogP contribution is -2.47. The topological polar surface area (TPSA) is 76.5 Å². The van der Waals surface area contributed by atoms with E-state index in [-0.39, 0.29) is 10.7 Å². The maximum atomic E-state index is 14.1. The Morgan fingerprint density at radius 2 is 2.03 bits per heavy atom. The van der Waals surface area contributed by atoms with Crippen molar-refractivity contribution >= 4 is 21.6 Å². The van der Waals surface area contributed by atoms with Crippen molar-refractivity contribution in [2.75, 3.05) is 27.2 Å². The second-order valence-corrected chi connectivity index (χ2v) is 11.2. The van der Waals surface area contributed by atoms with E-state index in [0.717, 1.165) is 36.5 Å². The molecule has 2 heterocycles.